The highest BCUT2D eigenvalue weighted by molar-refractivity contribution is 7.99. The van der Waals surface area contributed by atoms with E-state index in [2.05, 4.69) is 5.43 Å². The number of thioether (sulfide) groups is 1. The fraction of sp³-hybridized carbons (Fsp3) is 0.364. The number of nitrogens with one attached hydrogen (secondary N) is 1. The lowest BCUT2D eigenvalue weighted by atomic mass is 10.1. The average Bonchev–Trinajstić information content (AvgIpc) is 2.46. The number of nitrogens with zero attached hydrogens (tertiary/aromatic N) is 2. The maximum Gasteiger partial charge on any atom is 0.294 e. The highest BCUT2D eigenvalue weighted by atomic mass is 32.2. The zero-order valence-electron chi connectivity index (χ0n) is 10.2. The van der Waals surface area contributed by atoms with Crippen molar-refractivity contribution in [3.8, 4) is 0 Å². The van der Waals surface area contributed by atoms with Crippen molar-refractivity contribution in [3.05, 3.63) is 33.9 Å². The van der Waals surface area contributed by atoms with Crippen LogP contribution in [0.2, 0.25) is 0 Å². The lowest BCUT2D eigenvalue weighted by molar-refractivity contribution is -0.384. The number of nitrogens with two attached hydrogens (primary N) is 1. The van der Waals surface area contributed by atoms with Crippen LogP contribution in [0.4, 0.5) is 11.4 Å². The lowest BCUT2D eigenvalue weighted by Crippen LogP contribution is -2.37. The molecule has 1 amide bonds. The van der Waals surface area contributed by atoms with Gasteiger partial charge in [0.25, 0.3) is 11.6 Å². The van der Waals surface area contributed by atoms with E-state index < -0.39 is 4.92 Å². The van der Waals surface area contributed by atoms with E-state index in [1.54, 1.807) is 22.7 Å². The van der Waals surface area contributed by atoms with Crippen molar-refractivity contribution in [2.75, 3.05) is 30.0 Å². The van der Waals surface area contributed by atoms with Gasteiger partial charge in [0, 0.05) is 36.2 Å². The number of carbonyl (C=O) groups is 1. The number of anilines is 1. The molecule has 1 aromatic rings. The zero-order valence-corrected chi connectivity index (χ0v) is 11.0. The number of hydrazine groups is 1. The van der Waals surface area contributed by atoms with Gasteiger partial charge in [0.1, 0.15) is 5.69 Å². The molecule has 2 rings (SSSR count). The topological polar surface area (TPSA) is 102 Å². The number of nitrogen functional groups attached to an aromatic ring is 1. The molecule has 0 unspecified atom stereocenters. The van der Waals surface area contributed by atoms with Crippen LogP contribution in [0.5, 0.6) is 0 Å². The Bertz CT molecular complexity index is 503. The third-order valence-corrected chi connectivity index (χ3v) is 3.84. The van der Waals surface area contributed by atoms with Crippen LogP contribution in [0.1, 0.15) is 10.4 Å². The van der Waals surface area contributed by atoms with Crippen molar-refractivity contribution in [1.29, 1.82) is 0 Å². The van der Waals surface area contributed by atoms with E-state index >= 15 is 0 Å². The molecule has 1 aliphatic heterocycles. The molecular formula is C11H14N4O3S. The first-order chi connectivity index (χ1) is 9.13. The first kappa shape index (κ1) is 13.6. The van der Waals surface area contributed by atoms with Gasteiger partial charge in [-0.25, -0.2) is 0 Å². The standard InChI is InChI=1S/C11H14N4O3S/c12-13-9-2-1-8(7-10(9)15(17)18)11(16)14-3-5-19-6-4-14/h1-2,7,13H,3-6,12H2. The highest BCUT2D eigenvalue weighted by Crippen LogP contribution is 2.25. The Morgan fingerprint density at radius 2 is 2.11 bits per heavy atom. The Kier molecular flexibility index (Phi) is 4.23. The number of amides is 1. The largest absolute Gasteiger partial charge is 0.337 e. The molecule has 1 aliphatic rings. The quantitative estimate of drug-likeness (QED) is 0.488. The highest BCUT2D eigenvalue weighted by Gasteiger charge is 2.22. The summed E-state index contributed by atoms with van der Waals surface area (Å²) in [4.78, 5) is 24.3. The molecule has 19 heavy (non-hydrogen) atoms. The third kappa shape index (κ3) is 2.96. The predicted molar refractivity (Wildman–Crippen MR) is 74.1 cm³/mol. The van der Waals surface area contributed by atoms with Gasteiger partial charge in [-0.05, 0) is 12.1 Å². The molecule has 1 fully saturated rings. The molecule has 7 nitrogen and oxygen atoms in total. The number of benzene rings is 1. The monoisotopic (exact) mass is 282 g/mol. The van der Waals surface area contributed by atoms with Crippen molar-refractivity contribution in [2.45, 2.75) is 0 Å². The molecule has 0 bridgehead atoms. The molecule has 0 atom stereocenters. The summed E-state index contributed by atoms with van der Waals surface area (Å²) >= 11 is 1.80. The first-order valence-electron chi connectivity index (χ1n) is 5.75. The molecule has 102 valence electrons. The maximum absolute atomic E-state index is 12.2. The summed E-state index contributed by atoms with van der Waals surface area (Å²) in [6.07, 6.45) is 0. The molecule has 0 spiro atoms. The molecule has 0 aliphatic carbocycles. The Morgan fingerprint density at radius 3 is 2.68 bits per heavy atom. The minimum atomic E-state index is -0.558. The summed E-state index contributed by atoms with van der Waals surface area (Å²) in [5, 5.41) is 10.9. The summed E-state index contributed by atoms with van der Waals surface area (Å²) in [6, 6.07) is 4.26. The van der Waals surface area contributed by atoms with Crippen LogP contribution in [-0.4, -0.2) is 40.3 Å². The van der Waals surface area contributed by atoms with Crippen molar-refractivity contribution >= 4 is 29.0 Å². The third-order valence-electron chi connectivity index (χ3n) is 2.90. The van der Waals surface area contributed by atoms with Crippen LogP contribution >= 0.6 is 11.8 Å². The van der Waals surface area contributed by atoms with Gasteiger partial charge in [-0.15, -0.1) is 0 Å². The van der Waals surface area contributed by atoms with Crippen molar-refractivity contribution in [1.82, 2.24) is 4.90 Å². The zero-order chi connectivity index (χ0) is 13.8. The first-order valence-corrected chi connectivity index (χ1v) is 6.91. The second-order valence-electron chi connectivity index (χ2n) is 4.04. The van der Waals surface area contributed by atoms with E-state index in [1.807, 2.05) is 0 Å². The van der Waals surface area contributed by atoms with E-state index in [9.17, 15) is 14.9 Å². The van der Waals surface area contributed by atoms with E-state index in [1.165, 1.54) is 12.1 Å². The number of hydrogen-bond acceptors (Lipinski definition) is 6. The summed E-state index contributed by atoms with van der Waals surface area (Å²) in [6.45, 7) is 1.35. The van der Waals surface area contributed by atoms with Crippen molar-refractivity contribution < 1.29 is 9.72 Å². The van der Waals surface area contributed by atoms with Gasteiger partial charge < -0.3 is 10.3 Å². The van der Waals surface area contributed by atoms with Crippen LogP contribution < -0.4 is 11.3 Å². The lowest BCUT2D eigenvalue weighted by Gasteiger charge is -2.26. The molecule has 0 saturated carbocycles. The summed E-state index contributed by atoms with van der Waals surface area (Å²) in [7, 11) is 0. The van der Waals surface area contributed by atoms with Gasteiger partial charge in [-0.2, -0.15) is 11.8 Å². The summed E-state index contributed by atoms with van der Waals surface area (Å²) in [5.41, 5.74) is 2.57. The molecular weight excluding hydrogens is 268 g/mol. The fourth-order valence-electron chi connectivity index (χ4n) is 1.89. The van der Waals surface area contributed by atoms with E-state index in [-0.39, 0.29) is 17.3 Å². The van der Waals surface area contributed by atoms with E-state index in [0.717, 1.165) is 11.5 Å². The number of nitro groups is 1. The van der Waals surface area contributed by atoms with Crippen LogP contribution in [0.3, 0.4) is 0 Å². The number of rotatable bonds is 3. The van der Waals surface area contributed by atoms with Gasteiger partial charge in [0.05, 0.1) is 4.92 Å². The smallest absolute Gasteiger partial charge is 0.294 e. The second kappa shape index (κ2) is 5.89. The van der Waals surface area contributed by atoms with Gasteiger partial charge in [-0.3, -0.25) is 20.8 Å². The van der Waals surface area contributed by atoms with Crippen LogP contribution in [0.15, 0.2) is 18.2 Å². The van der Waals surface area contributed by atoms with Crippen molar-refractivity contribution in [2.24, 2.45) is 5.84 Å². The maximum atomic E-state index is 12.2. The van der Waals surface area contributed by atoms with Crippen LogP contribution in [0, 0.1) is 10.1 Å². The second-order valence-corrected chi connectivity index (χ2v) is 5.26. The Hall–Kier alpha value is -1.80. The Labute approximate surface area is 114 Å². The Morgan fingerprint density at radius 1 is 1.42 bits per heavy atom. The van der Waals surface area contributed by atoms with Crippen molar-refractivity contribution in [3.63, 3.8) is 0 Å². The van der Waals surface area contributed by atoms with E-state index in [0.29, 0.717) is 18.7 Å². The summed E-state index contributed by atoms with van der Waals surface area (Å²) in [5.74, 6) is 6.83. The SMILES string of the molecule is NNc1ccc(C(=O)N2CCSCC2)cc1[N+](=O)[O-]. The minimum absolute atomic E-state index is 0.174. The van der Waals surface area contributed by atoms with Gasteiger partial charge in [0.15, 0.2) is 0 Å². The molecule has 8 heteroatoms. The number of carbonyl (C=O) groups excluding carboxylic acids is 1. The van der Waals surface area contributed by atoms with E-state index in [4.69, 9.17) is 5.84 Å². The van der Waals surface area contributed by atoms with Crippen LogP contribution in [0.25, 0.3) is 0 Å². The van der Waals surface area contributed by atoms with Gasteiger partial charge >= 0.3 is 0 Å². The number of nitro benzene ring substituents is 1. The molecule has 1 saturated heterocycles. The molecule has 1 heterocycles. The molecule has 0 aromatic heterocycles. The van der Waals surface area contributed by atoms with Gasteiger partial charge in [-0.1, -0.05) is 0 Å². The predicted octanol–water partition coefficient (Wildman–Crippen LogP) is 1.07. The fourth-order valence-corrected chi connectivity index (χ4v) is 2.79. The molecule has 3 N–H and O–H groups in total. The number of hydrogen-bond donors (Lipinski definition) is 2. The Balaban J connectivity index is 2.26. The normalized spacial score (nSPS) is 15.1. The minimum Gasteiger partial charge on any atom is -0.337 e. The van der Waals surface area contributed by atoms with Gasteiger partial charge in [0.2, 0.25) is 0 Å². The summed E-state index contributed by atoms with van der Waals surface area (Å²) < 4.78 is 0. The molecule has 0 radical (unpaired) electrons. The molecule has 1 aromatic carbocycles. The van der Waals surface area contributed by atoms with Crippen LogP contribution in [-0.2, 0) is 0 Å². The average molecular weight is 282 g/mol.